The number of nitrogen functional groups attached to an aromatic ring is 1. The molecule has 1 fully saturated rings. The first-order valence-electron chi connectivity index (χ1n) is 4.26. The maximum absolute atomic E-state index is 9.55. The Morgan fingerprint density at radius 3 is 2.92 bits per heavy atom. The van der Waals surface area contributed by atoms with Crippen LogP contribution in [0.3, 0.4) is 0 Å². The van der Waals surface area contributed by atoms with Crippen molar-refractivity contribution in [3.8, 4) is 0 Å². The Morgan fingerprint density at radius 1 is 1.58 bits per heavy atom. The zero-order chi connectivity index (χ0) is 8.55. The van der Waals surface area contributed by atoms with Crippen molar-refractivity contribution < 1.29 is 5.11 Å². The van der Waals surface area contributed by atoms with E-state index in [1.165, 1.54) is 0 Å². The van der Waals surface area contributed by atoms with E-state index in [9.17, 15) is 5.11 Å². The third kappa shape index (κ3) is 1.18. The van der Waals surface area contributed by atoms with Gasteiger partial charge in [0.25, 0.3) is 0 Å². The smallest absolute Gasteiger partial charge is 0.145 e. The van der Waals surface area contributed by atoms with Crippen LogP contribution in [0.5, 0.6) is 0 Å². The third-order valence-electron chi connectivity index (χ3n) is 2.41. The van der Waals surface area contributed by atoms with Gasteiger partial charge in [0.15, 0.2) is 0 Å². The average molecular weight is 167 g/mol. The Kier molecular flexibility index (Phi) is 1.77. The fraction of sp³-hybridized carbons (Fsp3) is 0.625. The quantitative estimate of drug-likeness (QED) is 0.642. The molecule has 0 spiro atoms. The molecule has 12 heavy (non-hydrogen) atoms. The summed E-state index contributed by atoms with van der Waals surface area (Å²) in [5.41, 5.74) is 5.48. The fourth-order valence-corrected chi connectivity index (χ4v) is 1.77. The Morgan fingerprint density at radius 2 is 2.42 bits per heavy atom. The molecule has 66 valence electrons. The number of rotatable bonds is 1. The van der Waals surface area contributed by atoms with Crippen LogP contribution >= 0.6 is 0 Å². The summed E-state index contributed by atoms with van der Waals surface area (Å²) in [5.74, 6) is 0.522. The molecule has 0 bridgehead atoms. The molecule has 1 aromatic heterocycles. The largest absolute Gasteiger partial charge is 0.391 e. The van der Waals surface area contributed by atoms with Crippen LogP contribution in [0.2, 0.25) is 0 Å². The first-order valence-corrected chi connectivity index (χ1v) is 4.26. The number of anilines is 1. The minimum Gasteiger partial charge on any atom is -0.391 e. The van der Waals surface area contributed by atoms with Gasteiger partial charge < -0.3 is 10.8 Å². The predicted octanol–water partition coefficient (Wildman–Crippen LogP) is 0.551. The van der Waals surface area contributed by atoms with Crippen molar-refractivity contribution in [1.82, 2.24) is 9.78 Å². The molecule has 3 N–H and O–H groups in total. The van der Waals surface area contributed by atoms with Gasteiger partial charge >= 0.3 is 0 Å². The molecule has 1 aromatic rings. The van der Waals surface area contributed by atoms with Gasteiger partial charge in [-0.1, -0.05) is 0 Å². The number of aromatic nitrogens is 2. The summed E-state index contributed by atoms with van der Waals surface area (Å²) < 4.78 is 1.77. The highest BCUT2D eigenvalue weighted by Crippen LogP contribution is 2.29. The highest BCUT2D eigenvalue weighted by atomic mass is 16.3. The van der Waals surface area contributed by atoms with E-state index in [0.717, 1.165) is 19.3 Å². The van der Waals surface area contributed by atoms with Crippen molar-refractivity contribution in [2.24, 2.45) is 0 Å². The lowest BCUT2D eigenvalue weighted by Gasteiger charge is -2.14. The van der Waals surface area contributed by atoms with Gasteiger partial charge in [0.05, 0.1) is 12.1 Å². The Hall–Kier alpha value is -1.03. The average Bonchev–Trinajstić information content (AvgIpc) is 2.58. The highest BCUT2D eigenvalue weighted by molar-refractivity contribution is 5.24. The normalized spacial score (nSPS) is 29.4. The lowest BCUT2D eigenvalue weighted by molar-refractivity contribution is 0.130. The maximum atomic E-state index is 9.55. The lowest BCUT2D eigenvalue weighted by atomic mass is 10.2. The molecular formula is C8H13N3O. The first-order chi connectivity index (χ1) is 5.77. The van der Waals surface area contributed by atoms with E-state index in [1.54, 1.807) is 10.7 Å². The molecule has 1 saturated carbocycles. The van der Waals surface area contributed by atoms with E-state index in [-0.39, 0.29) is 12.1 Å². The molecule has 2 unspecified atom stereocenters. The number of hydrogen-bond acceptors (Lipinski definition) is 3. The van der Waals surface area contributed by atoms with Crippen LogP contribution < -0.4 is 5.73 Å². The zero-order valence-corrected chi connectivity index (χ0v) is 6.85. The van der Waals surface area contributed by atoms with Crippen molar-refractivity contribution in [2.75, 3.05) is 5.73 Å². The highest BCUT2D eigenvalue weighted by Gasteiger charge is 2.26. The van der Waals surface area contributed by atoms with E-state index in [4.69, 9.17) is 5.73 Å². The first kappa shape index (κ1) is 7.61. The summed E-state index contributed by atoms with van der Waals surface area (Å²) in [6.07, 6.45) is 4.54. The molecule has 2 atom stereocenters. The molecular weight excluding hydrogens is 154 g/mol. The molecule has 0 aromatic carbocycles. The van der Waals surface area contributed by atoms with Crippen LogP contribution in [-0.4, -0.2) is 21.0 Å². The Balaban J connectivity index is 2.19. The van der Waals surface area contributed by atoms with Crippen molar-refractivity contribution in [3.05, 3.63) is 12.3 Å². The summed E-state index contributed by atoms with van der Waals surface area (Å²) in [6.45, 7) is 0. The van der Waals surface area contributed by atoms with E-state index < -0.39 is 0 Å². The maximum Gasteiger partial charge on any atom is 0.145 e. The van der Waals surface area contributed by atoms with Crippen LogP contribution in [0.25, 0.3) is 0 Å². The summed E-state index contributed by atoms with van der Waals surface area (Å²) in [5, 5.41) is 13.6. The Bertz CT molecular complexity index is 271. The van der Waals surface area contributed by atoms with Gasteiger partial charge in [-0.05, 0) is 25.3 Å². The van der Waals surface area contributed by atoms with Crippen molar-refractivity contribution in [3.63, 3.8) is 0 Å². The number of aliphatic hydroxyl groups excluding tert-OH is 1. The number of nitrogens with zero attached hydrogens (tertiary/aromatic N) is 2. The van der Waals surface area contributed by atoms with Crippen molar-refractivity contribution in [1.29, 1.82) is 0 Å². The van der Waals surface area contributed by atoms with E-state index >= 15 is 0 Å². The molecule has 1 aliphatic rings. The SMILES string of the molecule is Nc1ccn(C2CCCC2O)n1. The van der Waals surface area contributed by atoms with Gasteiger partial charge in [-0.15, -0.1) is 0 Å². The van der Waals surface area contributed by atoms with Crippen molar-refractivity contribution in [2.45, 2.75) is 31.4 Å². The summed E-state index contributed by atoms with van der Waals surface area (Å²) in [4.78, 5) is 0. The second-order valence-electron chi connectivity index (χ2n) is 3.29. The fourth-order valence-electron chi connectivity index (χ4n) is 1.77. The minimum atomic E-state index is -0.246. The van der Waals surface area contributed by atoms with Gasteiger partial charge in [0.1, 0.15) is 5.82 Å². The van der Waals surface area contributed by atoms with Crippen molar-refractivity contribution >= 4 is 5.82 Å². The van der Waals surface area contributed by atoms with E-state index in [1.807, 2.05) is 6.20 Å². The molecule has 1 heterocycles. The number of hydrogen-bond donors (Lipinski definition) is 2. The van der Waals surface area contributed by atoms with E-state index in [2.05, 4.69) is 5.10 Å². The molecule has 0 aliphatic heterocycles. The van der Waals surface area contributed by atoms with Gasteiger partial charge in [-0.2, -0.15) is 5.10 Å². The van der Waals surface area contributed by atoms with Gasteiger partial charge in [0, 0.05) is 6.20 Å². The molecule has 2 rings (SSSR count). The molecule has 0 saturated heterocycles. The number of aliphatic hydroxyl groups is 1. The van der Waals surface area contributed by atoms with Gasteiger partial charge in [-0.3, -0.25) is 4.68 Å². The summed E-state index contributed by atoms with van der Waals surface area (Å²) in [6, 6.07) is 1.90. The monoisotopic (exact) mass is 167 g/mol. The molecule has 4 nitrogen and oxygen atoms in total. The van der Waals surface area contributed by atoms with Gasteiger partial charge in [0.2, 0.25) is 0 Å². The van der Waals surface area contributed by atoms with Crippen LogP contribution in [0, 0.1) is 0 Å². The molecule has 0 radical (unpaired) electrons. The minimum absolute atomic E-state index is 0.141. The van der Waals surface area contributed by atoms with Crippen LogP contribution in [0.1, 0.15) is 25.3 Å². The van der Waals surface area contributed by atoms with Crippen LogP contribution in [0.4, 0.5) is 5.82 Å². The standard InChI is InChI=1S/C8H13N3O/c9-8-4-5-11(10-8)6-2-1-3-7(6)12/h4-7,12H,1-3H2,(H2,9,10). The summed E-state index contributed by atoms with van der Waals surface area (Å²) in [7, 11) is 0. The van der Waals surface area contributed by atoms with E-state index in [0.29, 0.717) is 5.82 Å². The number of nitrogens with two attached hydrogens (primary N) is 1. The van der Waals surface area contributed by atoms with Gasteiger partial charge in [-0.25, -0.2) is 0 Å². The third-order valence-corrected chi connectivity index (χ3v) is 2.41. The lowest BCUT2D eigenvalue weighted by Crippen LogP contribution is -2.18. The van der Waals surface area contributed by atoms with Crippen LogP contribution in [0.15, 0.2) is 12.3 Å². The second kappa shape index (κ2) is 2.79. The topological polar surface area (TPSA) is 64.1 Å². The predicted molar refractivity (Wildman–Crippen MR) is 45.5 cm³/mol. The Labute approximate surface area is 71.0 Å². The van der Waals surface area contributed by atoms with Crippen LogP contribution in [-0.2, 0) is 0 Å². The second-order valence-corrected chi connectivity index (χ2v) is 3.29. The molecule has 0 amide bonds. The summed E-state index contributed by atoms with van der Waals surface area (Å²) >= 11 is 0. The molecule has 4 heteroatoms. The zero-order valence-electron chi connectivity index (χ0n) is 6.85. The molecule has 1 aliphatic carbocycles.